The molecule has 1 unspecified atom stereocenters. The van der Waals surface area contributed by atoms with Gasteiger partial charge in [-0.05, 0) is 48.9 Å². The SMILES string of the molecule is CC(=O)Nc1cccc(C(C)Nc2ccc(Cl)cc2)c1. The molecule has 0 aliphatic carbocycles. The molecule has 0 fully saturated rings. The largest absolute Gasteiger partial charge is 0.379 e. The first-order valence-corrected chi connectivity index (χ1v) is 6.82. The van der Waals surface area contributed by atoms with E-state index in [0.29, 0.717) is 0 Å². The van der Waals surface area contributed by atoms with Crippen molar-refractivity contribution in [3.63, 3.8) is 0 Å². The molecule has 0 heterocycles. The van der Waals surface area contributed by atoms with Gasteiger partial charge in [0.2, 0.25) is 5.91 Å². The van der Waals surface area contributed by atoms with Gasteiger partial charge < -0.3 is 10.6 Å². The summed E-state index contributed by atoms with van der Waals surface area (Å²) in [6.45, 7) is 3.57. The van der Waals surface area contributed by atoms with Crippen molar-refractivity contribution in [2.45, 2.75) is 19.9 Å². The maximum atomic E-state index is 11.1. The molecule has 3 nitrogen and oxygen atoms in total. The van der Waals surface area contributed by atoms with E-state index in [-0.39, 0.29) is 11.9 Å². The second kappa shape index (κ2) is 6.44. The van der Waals surface area contributed by atoms with Crippen molar-refractivity contribution in [1.29, 1.82) is 0 Å². The van der Waals surface area contributed by atoms with E-state index < -0.39 is 0 Å². The Morgan fingerprint density at radius 3 is 2.45 bits per heavy atom. The number of hydrogen-bond donors (Lipinski definition) is 2. The smallest absolute Gasteiger partial charge is 0.221 e. The number of carbonyl (C=O) groups is 1. The van der Waals surface area contributed by atoms with Crippen molar-refractivity contribution < 1.29 is 4.79 Å². The third-order valence-electron chi connectivity index (χ3n) is 2.93. The van der Waals surface area contributed by atoms with Crippen molar-refractivity contribution in [3.05, 3.63) is 59.1 Å². The zero-order valence-corrected chi connectivity index (χ0v) is 12.2. The third kappa shape index (κ3) is 4.00. The molecule has 0 bridgehead atoms. The van der Waals surface area contributed by atoms with Crippen LogP contribution in [0.15, 0.2) is 48.5 Å². The average molecular weight is 289 g/mol. The van der Waals surface area contributed by atoms with Crippen LogP contribution in [0.5, 0.6) is 0 Å². The molecule has 2 rings (SSSR count). The number of amides is 1. The van der Waals surface area contributed by atoms with Crippen molar-refractivity contribution in [3.8, 4) is 0 Å². The number of rotatable bonds is 4. The summed E-state index contributed by atoms with van der Waals surface area (Å²) in [4.78, 5) is 11.1. The Morgan fingerprint density at radius 1 is 1.10 bits per heavy atom. The molecule has 2 aromatic rings. The van der Waals surface area contributed by atoms with Gasteiger partial charge in [-0.3, -0.25) is 4.79 Å². The molecule has 0 saturated heterocycles. The normalized spacial score (nSPS) is 11.8. The molecule has 2 aromatic carbocycles. The lowest BCUT2D eigenvalue weighted by molar-refractivity contribution is -0.114. The molecule has 2 N–H and O–H groups in total. The average Bonchev–Trinajstić information content (AvgIpc) is 2.41. The first kappa shape index (κ1) is 14.4. The van der Waals surface area contributed by atoms with E-state index in [4.69, 9.17) is 11.6 Å². The second-order valence-corrected chi connectivity index (χ2v) is 5.12. The summed E-state index contributed by atoms with van der Waals surface area (Å²) in [5.41, 5.74) is 2.91. The van der Waals surface area contributed by atoms with Gasteiger partial charge in [0.15, 0.2) is 0 Å². The van der Waals surface area contributed by atoms with Crippen LogP contribution in [0.2, 0.25) is 5.02 Å². The Balaban J connectivity index is 2.10. The summed E-state index contributed by atoms with van der Waals surface area (Å²) in [5.74, 6) is -0.0690. The number of anilines is 2. The fourth-order valence-corrected chi connectivity index (χ4v) is 2.09. The van der Waals surface area contributed by atoms with Crippen LogP contribution >= 0.6 is 11.6 Å². The molecule has 20 heavy (non-hydrogen) atoms. The quantitative estimate of drug-likeness (QED) is 0.871. The molecule has 0 spiro atoms. The Hall–Kier alpha value is -2.00. The maximum absolute atomic E-state index is 11.1. The lowest BCUT2D eigenvalue weighted by Gasteiger charge is -2.16. The van der Waals surface area contributed by atoms with Gasteiger partial charge in [-0.1, -0.05) is 23.7 Å². The fourth-order valence-electron chi connectivity index (χ4n) is 1.97. The predicted molar refractivity (Wildman–Crippen MR) is 84.2 cm³/mol. The van der Waals surface area contributed by atoms with Crippen molar-refractivity contribution in [1.82, 2.24) is 0 Å². The van der Waals surface area contributed by atoms with Crippen molar-refractivity contribution >= 4 is 28.9 Å². The molecule has 0 aromatic heterocycles. The highest BCUT2D eigenvalue weighted by molar-refractivity contribution is 6.30. The van der Waals surface area contributed by atoms with Gasteiger partial charge >= 0.3 is 0 Å². The van der Waals surface area contributed by atoms with E-state index in [0.717, 1.165) is 22.0 Å². The van der Waals surface area contributed by atoms with Gasteiger partial charge in [0, 0.05) is 29.4 Å². The molecule has 4 heteroatoms. The zero-order chi connectivity index (χ0) is 14.5. The van der Waals surface area contributed by atoms with Gasteiger partial charge in [0.1, 0.15) is 0 Å². The number of hydrogen-bond acceptors (Lipinski definition) is 2. The van der Waals surface area contributed by atoms with Gasteiger partial charge in [0.05, 0.1) is 0 Å². The monoisotopic (exact) mass is 288 g/mol. The summed E-state index contributed by atoms with van der Waals surface area (Å²) < 4.78 is 0. The van der Waals surface area contributed by atoms with Crippen LogP contribution in [0.25, 0.3) is 0 Å². The minimum Gasteiger partial charge on any atom is -0.379 e. The number of halogens is 1. The summed E-state index contributed by atoms with van der Waals surface area (Å²) in [6, 6.07) is 15.5. The fraction of sp³-hybridized carbons (Fsp3) is 0.188. The van der Waals surface area contributed by atoms with E-state index in [2.05, 4.69) is 17.6 Å². The molecule has 0 aliphatic rings. The maximum Gasteiger partial charge on any atom is 0.221 e. The molecule has 1 amide bonds. The Kier molecular flexibility index (Phi) is 4.64. The highest BCUT2D eigenvalue weighted by Crippen LogP contribution is 2.22. The summed E-state index contributed by atoms with van der Waals surface area (Å²) in [5, 5.41) is 6.90. The van der Waals surface area contributed by atoms with Gasteiger partial charge in [-0.25, -0.2) is 0 Å². The standard InChI is InChI=1S/C16H17ClN2O/c1-11(18-15-8-6-14(17)7-9-15)13-4-3-5-16(10-13)19-12(2)20/h3-11,18H,1-2H3,(H,19,20). The second-order valence-electron chi connectivity index (χ2n) is 4.68. The topological polar surface area (TPSA) is 41.1 Å². The molecule has 1 atom stereocenters. The van der Waals surface area contributed by atoms with Gasteiger partial charge in [-0.15, -0.1) is 0 Å². The molecule has 0 saturated carbocycles. The van der Waals surface area contributed by atoms with Crippen LogP contribution in [0.4, 0.5) is 11.4 Å². The molecule has 0 aliphatic heterocycles. The zero-order valence-electron chi connectivity index (χ0n) is 11.5. The van der Waals surface area contributed by atoms with Crippen LogP contribution in [-0.2, 0) is 4.79 Å². The van der Waals surface area contributed by atoms with Crippen molar-refractivity contribution in [2.24, 2.45) is 0 Å². The third-order valence-corrected chi connectivity index (χ3v) is 3.19. The van der Waals surface area contributed by atoms with Crippen LogP contribution in [0.3, 0.4) is 0 Å². The molecular weight excluding hydrogens is 272 g/mol. The lowest BCUT2D eigenvalue weighted by Crippen LogP contribution is -2.09. The number of nitrogens with one attached hydrogen (secondary N) is 2. The highest BCUT2D eigenvalue weighted by atomic mass is 35.5. The minimum absolute atomic E-state index is 0.0690. The summed E-state index contributed by atoms with van der Waals surface area (Å²) in [6.07, 6.45) is 0. The summed E-state index contributed by atoms with van der Waals surface area (Å²) in [7, 11) is 0. The summed E-state index contributed by atoms with van der Waals surface area (Å²) >= 11 is 5.87. The van der Waals surface area contributed by atoms with E-state index in [1.165, 1.54) is 6.92 Å². The van der Waals surface area contributed by atoms with Gasteiger partial charge in [-0.2, -0.15) is 0 Å². The van der Waals surface area contributed by atoms with E-state index in [1.54, 1.807) is 0 Å². The minimum atomic E-state index is -0.0690. The number of carbonyl (C=O) groups excluding carboxylic acids is 1. The van der Waals surface area contributed by atoms with Crippen LogP contribution < -0.4 is 10.6 Å². The molecule has 0 radical (unpaired) electrons. The van der Waals surface area contributed by atoms with E-state index in [9.17, 15) is 4.79 Å². The van der Waals surface area contributed by atoms with Crippen LogP contribution in [0, 0.1) is 0 Å². The van der Waals surface area contributed by atoms with Crippen LogP contribution in [0.1, 0.15) is 25.5 Å². The first-order valence-electron chi connectivity index (χ1n) is 6.44. The Labute approximate surface area is 124 Å². The molecular formula is C16H17ClN2O. The van der Waals surface area contributed by atoms with Gasteiger partial charge in [0.25, 0.3) is 0 Å². The lowest BCUT2D eigenvalue weighted by atomic mass is 10.1. The first-order chi connectivity index (χ1) is 9.54. The van der Waals surface area contributed by atoms with Crippen molar-refractivity contribution in [2.75, 3.05) is 10.6 Å². The van der Waals surface area contributed by atoms with E-state index in [1.807, 2.05) is 48.5 Å². The molecule has 104 valence electrons. The Morgan fingerprint density at radius 2 is 1.80 bits per heavy atom. The van der Waals surface area contributed by atoms with E-state index >= 15 is 0 Å². The highest BCUT2D eigenvalue weighted by Gasteiger charge is 2.06. The Bertz CT molecular complexity index is 596. The predicted octanol–water partition coefficient (Wildman–Crippen LogP) is 4.47. The van der Waals surface area contributed by atoms with Crippen LogP contribution in [-0.4, -0.2) is 5.91 Å². The number of benzene rings is 2.